The van der Waals surface area contributed by atoms with Crippen molar-refractivity contribution in [3.63, 3.8) is 0 Å². The van der Waals surface area contributed by atoms with Crippen molar-refractivity contribution in [2.75, 3.05) is 13.1 Å². The average Bonchev–Trinajstić information content (AvgIpc) is 2.35. The van der Waals surface area contributed by atoms with Crippen molar-refractivity contribution in [2.24, 2.45) is 4.99 Å². The Hall–Kier alpha value is -0.780. The molecule has 114 valence electrons. The Bertz CT molecular complexity index is 416. The lowest BCUT2D eigenvalue weighted by Gasteiger charge is -2.16. The molecular formula is C16H28IN3. The number of aliphatic imine (C=N–C) groups is 1. The van der Waals surface area contributed by atoms with Crippen LogP contribution in [0.5, 0.6) is 0 Å². The third-order valence-electron chi connectivity index (χ3n) is 2.90. The molecule has 0 saturated carbocycles. The lowest BCUT2D eigenvalue weighted by molar-refractivity contribution is 0.690. The molecule has 0 aromatic heterocycles. The third-order valence-corrected chi connectivity index (χ3v) is 2.90. The number of hydrogen-bond acceptors (Lipinski definition) is 1. The van der Waals surface area contributed by atoms with Crippen molar-refractivity contribution in [3.05, 3.63) is 35.4 Å². The second kappa shape index (κ2) is 10.0. The summed E-state index contributed by atoms with van der Waals surface area (Å²) in [6, 6.07) is 9.05. The molecular weight excluding hydrogens is 361 g/mol. The van der Waals surface area contributed by atoms with E-state index in [1.807, 2.05) is 0 Å². The highest BCUT2D eigenvalue weighted by Gasteiger charge is 2.06. The van der Waals surface area contributed by atoms with Gasteiger partial charge in [0, 0.05) is 25.0 Å². The Morgan fingerprint density at radius 1 is 1.25 bits per heavy atom. The van der Waals surface area contributed by atoms with E-state index in [-0.39, 0.29) is 24.0 Å². The molecule has 2 N–H and O–H groups in total. The zero-order chi connectivity index (χ0) is 14.3. The summed E-state index contributed by atoms with van der Waals surface area (Å²) in [7, 11) is 0. The SMILES string of the molecule is CCNC(=NCC(C)c1cccc(C)c1)NC(C)C.I. The Morgan fingerprint density at radius 2 is 1.95 bits per heavy atom. The molecule has 0 radical (unpaired) electrons. The van der Waals surface area contributed by atoms with Gasteiger partial charge in [0.1, 0.15) is 0 Å². The van der Waals surface area contributed by atoms with Crippen molar-refractivity contribution in [1.82, 2.24) is 10.6 Å². The summed E-state index contributed by atoms with van der Waals surface area (Å²) in [5.41, 5.74) is 2.66. The first-order chi connectivity index (χ1) is 9.02. The van der Waals surface area contributed by atoms with Gasteiger partial charge in [0.05, 0.1) is 0 Å². The van der Waals surface area contributed by atoms with Crippen molar-refractivity contribution < 1.29 is 0 Å². The molecule has 0 aliphatic carbocycles. The second-order valence-corrected chi connectivity index (χ2v) is 5.33. The molecule has 0 aliphatic heterocycles. The second-order valence-electron chi connectivity index (χ2n) is 5.33. The monoisotopic (exact) mass is 389 g/mol. The third kappa shape index (κ3) is 7.12. The van der Waals surface area contributed by atoms with Gasteiger partial charge in [-0.3, -0.25) is 4.99 Å². The van der Waals surface area contributed by atoms with Crippen LogP contribution in [-0.2, 0) is 0 Å². The van der Waals surface area contributed by atoms with Crippen molar-refractivity contribution >= 4 is 29.9 Å². The molecule has 0 bridgehead atoms. The predicted molar refractivity (Wildman–Crippen MR) is 99.3 cm³/mol. The topological polar surface area (TPSA) is 36.4 Å². The molecule has 1 rings (SSSR count). The highest BCUT2D eigenvalue weighted by Crippen LogP contribution is 2.16. The zero-order valence-corrected chi connectivity index (χ0v) is 15.6. The molecule has 3 nitrogen and oxygen atoms in total. The van der Waals surface area contributed by atoms with E-state index in [1.165, 1.54) is 11.1 Å². The van der Waals surface area contributed by atoms with E-state index in [0.29, 0.717) is 12.0 Å². The number of nitrogens with one attached hydrogen (secondary N) is 2. The summed E-state index contributed by atoms with van der Waals surface area (Å²) in [5, 5.41) is 6.61. The standard InChI is InChI=1S/C16H27N3.HI/c1-6-17-16(19-12(2)3)18-11-14(5)15-9-7-8-13(4)10-15;/h7-10,12,14H,6,11H2,1-5H3,(H2,17,18,19);1H. The highest BCUT2D eigenvalue weighted by atomic mass is 127. The molecule has 1 aromatic carbocycles. The maximum atomic E-state index is 4.65. The van der Waals surface area contributed by atoms with Gasteiger partial charge in [-0.1, -0.05) is 36.8 Å². The van der Waals surface area contributed by atoms with Crippen LogP contribution in [-0.4, -0.2) is 25.1 Å². The summed E-state index contributed by atoms with van der Waals surface area (Å²) >= 11 is 0. The molecule has 0 aliphatic rings. The fraction of sp³-hybridized carbons (Fsp3) is 0.562. The number of benzene rings is 1. The molecule has 0 heterocycles. The van der Waals surface area contributed by atoms with Crippen LogP contribution in [0.2, 0.25) is 0 Å². The average molecular weight is 389 g/mol. The van der Waals surface area contributed by atoms with Gasteiger partial charge in [-0.25, -0.2) is 0 Å². The normalized spacial score (nSPS) is 12.8. The Labute approximate surface area is 140 Å². The molecule has 0 spiro atoms. The fourth-order valence-electron chi connectivity index (χ4n) is 1.90. The summed E-state index contributed by atoms with van der Waals surface area (Å²) in [6.45, 7) is 12.4. The molecule has 0 saturated heterocycles. The number of guanidine groups is 1. The quantitative estimate of drug-likeness (QED) is 0.458. The lowest BCUT2D eigenvalue weighted by Crippen LogP contribution is -2.41. The Balaban J connectivity index is 0.00000361. The van der Waals surface area contributed by atoms with Gasteiger partial charge < -0.3 is 10.6 Å². The van der Waals surface area contributed by atoms with E-state index in [2.05, 4.69) is 74.5 Å². The van der Waals surface area contributed by atoms with Crippen molar-refractivity contribution in [2.45, 2.75) is 46.6 Å². The molecule has 1 atom stereocenters. The maximum Gasteiger partial charge on any atom is 0.191 e. The van der Waals surface area contributed by atoms with E-state index in [1.54, 1.807) is 0 Å². The van der Waals surface area contributed by atoms with Crippen LogP contribution in [0.15, 0.2) is 29.3 Å². The summed E-state index contributed by atoms with van der Waals surface area (Å²) < 4.78 is 0. The first-order valence-electron chi connectivity index (χ1n) is 7.14. The van der Waals surface area contributed by atoms with Crippen LogP contribution in [0.25, 0.3) is 0 Å². The van der Waals surface area contributed by atoms with Gasteiger partial charge in [-0.05, 0) is 33.3 Å². The van der Waals surface area contributed by atoms with Crippen LogP contribution in [0.1, 0.15) is 44.7 Å². The van der Waals surface area contributed by atoms with Crippen LogP contribution >= 0.6 is 24.0 Å². The minimum absolute atomic E-state index is 0. The van der Waals surface area contributed by atoms with Crippen LogP contribution in [0.4, 0.5) is 0 Å². The number of aryl methyl sites for hydroxylation is 1. The van der Waals surface area contributed by atoms with Crippen LogP contribution < -0.4 is 10.6 Å². The first kappa shape index (κ1) is 19.2. The zero-order valence-electron chi connectivity index (χ0n) is 13.2. The minimum atomic E-state index is 0. The van der Waals surface area contributed by atoms with Crippen molar-refractivity contribution in [3.8, 4) is 0 Å². The van der Waals surface area contributed by atoms with Gasteiger partial charge >= 0.3 is 0 Å². The predicted octanol–water partition coefficient (Wildman–Crippen LogP) is 3.68. The molecule has 1 aromatic rings. The Morgan fingerprint density at radius 3 is 2.50 bits per heavy atom. The van der Waals surface area contributed by atoms with Crippen LogP contribution in [0.3, 0.4) is 0 Å². The number of rotatable bonds is 5. The summed E-state index contributed by atoms with van der Waals surface area (Å²) in [6.07, 6.45) is 0. The van der Waals surface area contributed by atoms with Crippen molar-refractivity contribution in [1.29, 1.82) is 0 Å². The maximum absolute atomic E-state index is 4.65. The number of nitrogens with zero attached hydrogens (tertiary/aromatic N) is 1. The van der Waals surface area contributed by atoms with Gasteiger partial charge in [0.25, 0.3) is 0 Å². The van der Waals surface area contributed by atoms with Gasteiger partial charge in [-0.15, -0.1) is 24.0 Å². The molecule has 4 heteroatoms. The number of halogens is 1. The largest absolute Gasteiger partial charge is 0.357 e. The van der Waals surface area contributed by atoms with E-state index < -0.39 is 0 Å². The van der Waals surface area contributed by atoms with Crippen LogP contribution in [0, 0.1) is 6.92 Å². The number of hydrogen-bond donors (Lipinski definition) is 2. The molecule has 1 unspecified atom stereocenters. The molecule has 0 amide bonds. The Kier molecular flexibility index (Phi) is 9.63. The molecule has 20 heavy (non-hydrogen) atoms. The van der Waals surface area contributed by atoms with E-state index in [0.717, 1.165) is 19.0 Å². The minimum Gasteiger partial charge on any atom is -0.357 e. The summed E-state index contributed by atoms with van der Waals surface area (Å²) in [4.78, 5) is 4.65. The van der Waals surface area contributed by atoms with E-state index >= 15 is 0 Å². The van der Waals surface area contributed by atoms with Gasteiger partial charge in [0.2, 0.25) is 0 Å². The van der Waals surface area contributed by atoms with Gasteiger partial charge in [-0.2, -0.15) is 0 Å². The van der Waals surface area contributed by atoms with Gasteiger partial charge in [0.15, 0.2) is 5.96 Å². The smallest absolute Gasteiger partial charge is 0.191 e. The molecule has 0 fully saturated rings. The van der Waals surface area contributed by atoms with E-state index in [4.69, 9.17) is 0 Å². The summed E-state index contributed by atoms with van der Waals surface area (Å²) in [5.74, 6) is 1.33. The fourth-order valence-corrected chi connectivity index (χ4v) is 1.90. The lowest BCUT2D eigenvalue weighted by atomic mass is 10.00. The highest BCUT2D eigenvalue weighted by molar-refractivity contribution is 14.0. The first-order valence-corrected chi connectivity index (χ1v) is 7.14. The van der Waals surface area contributed by atoms with E-state index in [9.17, 15) is 0 Å².